The van der Waals surface area contributed by atoms with Crippen molar-refractivity contribution in [3.8, 4) is 0 Å². The Balaban J connectivity index is 2.60. The van der Waals surface area contributed by atoms with Gasteiger partial charge >= 0.3 is 5.97 Å². The fourth-order valence-corrected chi connectivity index (χ4v) is 5.99. The number of unbranched alkanes of at least 4 members (excludes halogenated alkanes) is 12. The maximum atomic E-state index is 13.5. The minimum atomic E-state index is -1.03. The van der Waals surface area contributed by atoms with Gasteiger partial charge in [0.05, 0.1) is 19.1 Å². The van der Waals surface area contributed by atoms with Crippen LogP contribution in [0, 0.1) is 17.3 Å². The zero-order valence-electron chi connectivity index (χ0n) is 28.9. The van der Waals surface area contributed by atoms with Gasteiger partial charge in [0.2, 0.25) is 11.8 Å². The van der Waals surface area contributed by atoms with E-state index in [2.05, 4.69) is 31.4 Å². The van der Waals surface area contributed by atoms with Crippen LogP contribution in [0.1, 0.15) is 158 Å². The molecule has 8 nitrogen and oxygen atoms in total. The average Bonchev–Trinajstić information content (AvgIpc) is 2.92. The van der Waals surface area contributed by atoms with E-state index in [1.54, 1.807) is 13.8 Å². The third-order valence-corrected chi connectivity index (χ3v) is 8.88. The van der Waals surface area contributed by atoms with Gasteiger partial charge in [0.1, 0.15) is 6.10 Å². The Morgan fingerprint density at radius 2 is 1.30 bits per heavy atom. The molecule has 0 aromatic rings. The van der Waals surface area contributed by atoms with Crippen molar-refractivity contribution in [2.75, 3.05) is 6.61 Å². The summed E-state index contributed by atoms with van der Waals surface area (Å²) >= 11 is 0. The van der Waals surface area contributed by atoms with Crippen molar-refractivity contribution in [1.82, 2.24) is 10.6 Å². The van der Waals surface area contributed by atoms with E-state index in [0.717, 1.165) is 19.3 Å². The van der Waals surface area contributed by atoms with Crippen LogP contribution in [-0.2, 0) is 23.9 Å². The molecule has 2 amide bonds. The van der Waals surface area contributed by atoms with E-state index in [1.807, 2.05) is 20.8 Å². The molecule has 1 heterocycles. The molecule has 1 aliphatic heterocycles. The van der Waals surface area contributed by atoms with Crippen molar-refractivity contribution in [2.24, 2.45) is 17.3 Å². The lowest BCUT2D eigenvalue weighted by atomic mass is 9.85. The SMILES string of the molecule is CCCCCCCCCCCCCCCC(C(=O)NC(CC)C(CC(=O)O)NC(=O)C1OC(C)(C)OCC1(C)C)C(C)C. The summed E-state index contributed by atoms with van der Waals surface area (Å²) in [4.78, 5) is 38.6. The lowest BCUT2D eigenvalue weighted by molar-refractivity contribution is -0.304. The Hall–Kier alpha value is -1.67. The normalized spacial score (nSPS) is 19.9. The van der Waals surface area contributed by atoms with Crippen molar-refractivity contribution in [1.29, 1.82) is 0 Å². The number of amides is 2. The molecular weight excluding hydrogens is 544 g/mol. The Morgan fingerprint density at radius 3 is 1.77 bits per heavy atom. The summed E-state index contributed by atoms with van der Waals surface area (Å²) in [5, 5.41) is 15.7. The van der Waals surface area contributed by atoms with Crippen molar-refractivity contribution < 1.29 is 29.0 Å². The molecule has 0 aliphatic carbocycles. The van der Waals surface area contributed by atoms with Crippen LogP contribution in [0.15, 0.2) is 0 Å². The Labute approximate surface area is 263 Å². The maximum absolute atomic E-state index is 13.5. The van der Waals surface area contributed by atoms with Crippen LogP contribution in [0.5, 0.6) is 0 Å². The Morgan fingerprint density at radius 1 is 0.791 bits per heavy atom. The van der Waals surface area contributed by atoms with Gasteiger partial charge in [-0.1, -0.05) is 125 Å². The van der Waals surface area contributed by atoms with Gasteiger partial charge in [-0.25, -0.2) is 0 Å². The summed E-state index contributed by atoms with van der Waals surface area (Å²) in [5.41, 5.74) is -0.588. The molecular formula is C35H66N2O6. The second kappa shape index (κ2) is 20.4. The van der Waals surface area contributed by atoms with Crippen LogP contribution >= 0.6 is 0 Å². The monoisotopic (exact) mass is 610 g/mol. The third-order valence-electron chi connectivity index (χ3n) is 8.88. The molecule has 0 spiro atoms. The predicted molar refractivity (Wildman–Crippen MR) is 174 cm³/mol. The number of hydrogen-bond acceptors (Lipinski definition) is 5. The van der Waals surface area contributed by atoms with Crippen molar-refractivity contribution in [2.45, 2.75) is 182 Å². The number of carboxylic acid groups (broad SMARTS) is 1. The number of rotatable bonds is 23. The summed E-state index contributed by atoms with van der Waals surface area (Å²) < 4.78 is 11.7. The summed E-state index contributed by atoms with van der Waals surface area (Å²) in [6.07, 6.45) is 17.0. The molecule has 8 heteroatoms. The first-order valence-electron chi connectivity index (χ1n) is 17.4. The van der Waals surface area contributed by atoms with Crippen molar-refractivity contribution >= 4 is 17.8 Å². The first-order valence-corrected chi connectivity index (χ1v) is 17.4. The second-order valence-electron chi connectivity index (χ2n) is 14.3. The van der Waals surface area contributed by atoms with E-state index in [9.17, 15) is 19.5 Å². The molecule has 3 N–H and O–H groups in total. The topological polar surface area (TPSA) is 114 Å². The van der Waals surface area contributed by atoms with Gasteiger partial charge in [-0.05, 0) is 32.6 Å². The number of ether oxygens (including phenoxy) is 2. The maximum Gasteiger partial charge on any atom is 0.305 e. The van der Waals surface area contributed by atoms with Gasteiger partial charge in [0.25, 0.3) is 0 Å². The highest BCUT2D eigenvalue weighted by Gasteiger charge is 2.46. The minimum Gasteiger partial charge on any atom is -0.481 e. The number of carboxylic acids is 1. The van der Waals surface area contributed by atoms with Gasteiger partial charge in [-0.3, -0.25) is 14.4 Å². The first kappa shape index (κ1) is 39.4. The summed E-state index contributed by atoms with van der Waals surface area (Å²) in [6.45, 7) is 15.9. The fourth-order valence-electron chi connectivity index (χ4n) is 5.99. The number of nitrogens with one attached hydrogen (secondary N) is 2. The minimum absolute atomic E-state index is 0.0609. The molecule has 0 aromatic carbocycles. The molecule has 43 heavy (non-hydrogen) atoms. The van der Waals surface area contributed by atoms with Gasteiger partial charge in [0.15, 0.2) is 5.79 Å². The first-order chi connectivity index (χ1) is 20.2. The van der Waals surface area contributed by atoms with E-state index in [4.69, 9.17) is 9.47 Å². The second-order valence-corrected chi connectivity index (χ2v) is 14.3. The summed E-state index contributed by atoms with van der Waals surface area (Å²) in [7, 11) is 0. The molecule has 4 atom stereocenters. The smallest absolute Gasteiger partial charge is 0.305 e. The summed E-state index contributed by atoms with van der Waals surface area (Å²) in [5.74, 6) is -2.38. The molecule has 1 fully saturated rings. The molecule has 1 saturated heterocycles. The van der Waals surface area contributed by atoms with E-state index < -0.39 is 35.4 Å². The molecule has 0 bridgehead atoms. The van der Waals surface area contributed by atoms with Crippen LogP contribution in [0.4, 0.5) is 0 Å². The quantitative estimate of drug-likeness (QED) is 0.102. The van der Waals surface area contributed by atoms with Gasteiger partial charge in [-0.2, -0.15) is 0 Å². The standard InChI is InChI=1S/C35H66N2O6/c1-9-11-12-13-14-15-16-17-18-19-20-21-22-23-27(26(3)4)32(40)36-28(10-2)29(24-30(38)39)37-33(41)31-34(5,6)25-42-35(7,8)43-31/h26-29,31H,9-25H2,1-8H3,(H,36,40)(H,37,41)(H,38,39). The number of carbonyl (C=O) groups is 3. The van der Waals surface area contributed by atoms with Crippen molar-refractivity contribution in [3.05, 3.63) is 0 Å². The largest absolute Gasteiger partial charge is 0.481 e. The lowest BCUT2D eigenvalue weighted by Gasteiger charge is -2.45. The summed E-state index contributed by atoms with van der Waals surface area (Å²) in [6, 6.07) is -1.26. The Bertz CT molecular complexity index is 812. The lowest BCUT2D eigenvalue weighted by Crippen LogP contribution is -2.60. The highest BCUT2D eigenvalue weighted by Crippen LogP contribution is 2.35. The van der Waals surface area contributed by atoms with E-state index in [0.29, 0.717) is 13.0 Å². The van der Waals surface area contributed by atoms with Crippen LogP contribution in [0.2, 0.25) is 0 Å². The zero-order valence-corrected chi connectivity index (χ0v) is 28.9. The molecule has 4 unspecified atom stereocenters. The highest BCUT2D eigenvalue weighted by atomic mass is 16.7. The molecule has 0 saturated carbocycles. The van der Waals surface area contributed by atoms with Crippen LogP contribution in [-0.4, -0.2) is 53.5 Å². The van der Waals surface area contributed by atoms with Crippen molar-refractivity contribution in [3.63, 3.8) is 0 Å². The molecule has 1 rings (SSSR count). The molecule has 0 aromatic heterocycles. The zero-order chi connectivity index (χ0) is 32.5. The van der Waals surface area contributed by atoms with Crippen LogP contribution in [0.3, 0.4) is 0 Å². The highest BCUT2D eigenvalue weighted by molar-refractivity contribution is 5.83. The molecule has 1 aliphatic rings. The number of aliphatic carboxylic acids is 1. The molecule has 252 valence electrons. The fraction of sp³-hybridized carbons (Fsp3) is 0.914. The number of carbonyl (C=O) groups excluding carboxylic acids is 2. The van der Waals surface area contributed by atoms with E-state index in [1.165, 1.54) is 70.6 Å². The average molecular weight is 611 g/mol. The van der Waals surface area contributed by atoms with Crippen LogP contribution in [0.25, 0.3) is 0 Å². The van der Waals surface area contributed by atoms with Gasteiger partial charge in [-0.15, -0.1) is 0 Å². The van der Waals surface area contributed by atoms with E-state index >= 15 is 0 Å². The van der Waals surface area contributed by atoms with E-state index in [-0.39, 0.29) is 30.1 Å². The van der Waals surface area contributed by atoms with Crippen LogP contribution < -0.4 is 10.6 Å². The Kier molecular flexibility index (Phi) is 18.6. The van der Waals surface area contributed by atoms with Gasteiger partial charge in [0, 0.05) is 17.4 Å². The molecule has 0 radical (unpaired) electrons. The third kappa shape index (κ3) is 15.8. The van der Waals surface area contributed by atoms with Gasteiger partial charge < -0.3 is 25.2 Å². The predicted octanol–water partition coefficient (Wildman–Crippen LogP) is 7.77. The number of hydrogen-bond donors (Lipinski definition) is 3.